The molecule has 0 aliphatic heterocycles. The summed E-state index contributed by atoms with van der Waals surface area (Å²) >= 11 is 2.11. The van der Waals surface area contributed by atoms with Gasteiger partial charge >= 0.3 is 5.97 Å². The molecule has 0 heterocycles. The summed E-state index contributed by atoms with van der Waals surface area (Å²) in [6, 6.07) is 7.31. The van der Waals surface area contributed by atoms with Crippen LogP contribution in [0.15, 0.2) is 24.3 Å². The number of carbonyl (C=O) groups excluding carboxylic acids is 1. The number of halogens is 1. The quantitative estimate of drug-likeness (QED) is 0.766. The molecule has 1 unspecified atom stereocenters. The first kappa shape index (κ1) is 14.9. The first-order valence-corrected chi connectivity index (χ1v) is 6.87. The van der Waals surface area contributed by atoms with Crippen LogP contribution in [0.5, 0.6) is 0 Å². The van der Waals surface area contributed by atoms with Crippen molar-refractivity contribution in [1.82, 2.24) is 5.32 Å². The SMILES string of the molecule is CCC(CNC(=O)c1ccccc1I)CC(=O)O. The summed E-state index contributed by atoms with van der Waals surface area (Å²) in [6.07, 6.45) is 0.821. The van der Waals surface area contributed by atoms with Crippen molar-refractivity contribution in [2.45, 2.75) is 19.8 Å². The van der Waals surface area contributed by atoms with Gasteiger partial charge in [-0.2, -0.15) is 0 Å². The van der Waals surface area contributed by atoms with Crippen LogP contribution >= 0.6 is 22.6 Å². The topological polar surface area (TPSA) is 66.4 Å². The first-order valence-electron chi connectivity index (χ1n) is 5.79. The van der Waals surface area contributed by atoms with Crippen LogP contribution in [0.25, 0.3) is 0 Å². The average molecular weight is 361 g/mol. The largest absolute Gasteiger partial charge is 0.481 e. The lowest BCUT2D eigenvalue weighted by Crippen LogP contribution is -2.30. The minimum absolute atomic E-state index is 0.0205. The second kappa shape index (κ2) is 7.35. The highest BCUT2D eigenvalue weighted by molar-refractivity contribution is 14.1. The summed E-state index contributed by atoms with van der Waals surface area (Å²) < 4.78 is 0.888. The Morgan fingerprint density at radius 3 is 2.61 bits per heavy atom. The Morgan fingerprint density at radius 2 is 2.06 bits per heavy atom. The minimum Gasteiger partial charge on any atom is -0.481 e. The van der Waals surface area contributed by atoms with E-state index in [1.165, 1.54) is 0 Å². The van der Waals surface area contributed by atoms with Crippen LogP contribution in [-0.2, 0) is 4.79 Å². The molecule has 0 bridgehead atoms. The Kier molecular flexibility index (Phi) is 6.11. The molecule has 0 fully saturated rings. The fraction of sp³-hybridized carbons (Fsp3) is 0.385. The first-order chi connectivity index (χ1) is 8.54. The minimum atomic E-state index is -0.828. The number of aliphatic carboxylic acids is 1. The van der Waals surface area contributed by atoms with Gasteiger partial charge in [-0.25, -0.2) is 0 Å². The maximum absolute atomic E-state index is 11.9. The molecule has 0 radical (unpaired) electrons. The number of carbonyl (C=O) groups is 2. The molecule has 1 atom stereocenters. The van der Waals surface area contributed by atoms with Gasteiger partial charge in [-0.1, -0.05) is 25.5 Å². The van der Waals surface area contributed by atoms with E-state index in [0.717, 1.165) is 9.99 Å². The number of carboxylic acids is 1. The lowest BCUT2D eigenvalue weighted by atomic mass is 10.0. The smallest absolute Gasteiger partial charge is 0.303 e. The monoisotopic (exact) mass is 361 g/mol. The van der Waals surface area contributed by atoms with Crippen LogP contribution in [0.1, 0.15) is 30.1 Å². The van der Waals surface area contributed by atoms with E-state index in [1.807, 2.05) is 25.1 Å². The van der Waals surface area contributed by atoms with E-state index in [1.54, 1.807) is 6.07 Å². The maximum Gasteiger partial charge on any atom is 0.303 e. The fourth-order valence-corrected chi connectivity index (χ4v) is 2.22. The van der Waals surface area contributed by atoms with Gasteiger partial charge in [0.1, 0.15) is 0 Å². The zero-order valence-corrected chi connectivity index (χ0v) is 12.3. The molecule has 18 heavy (non-hydrogen) atoms. The number of hydrogen-bond donors (Lipinski definition) is 2. The molecular formula is C13H16INO3. The summed E-state index contributed by atoms with van der Waals surface area (Å²) in [5, 5.41) is 11.5. The fourth-order valence-electron chi connectivity index (χ4n) is 1.59. The van der Waals surface area contributed by atoms with Crippen molar-refractivity contribution in [2.75, 3.05) is 6.54 Å². The molecule has 0 aromatic heterocycles. The summed E-state index contributed by atoms with van der Waals surface area (Å²) in [5.74, 6) is -0.998. The van der Waals surface area contributed by atoms with E-state index >= 15 is 0 Å². The van der Waals surface area contributed by atoms with Crippen molar-refractivity contribution in [3.8, 4) is 0 Å². The van der Waals surface area contributed by atoms with E-state index < -0.39 is 5.97 Å². The molecule has 1 aromatic carbocycles. The van der Waals surface area contributed by atoms with Crippen molar-refractivity contribution in [1.29, 1.82) is 0 Å². The lowest BCUT2D eigenvalue weighted by Gasteiger charge is -2.13. The van der Waals surface area contributed by atoms with Gasteiger partial charge in [0.2, 0.25) is 0 Å². The van der Waals surface area contributed by atoms with Crippen LogP contribution in [0.2, 0.25) is 0 Å². The Morgan fingerprint density at radius 1 is 1.39 bits per heavy atom. The number of hydrogen-bond acceptors (Lipinski definition) is 2. The van der Waals surface area contributed by atoms with Crippen LogP contribution in [0.4, 0.5) is 0 Å². The molecule has 0 aliphatic carbocycles. The number of nitrogens with one attached hydrogen (secondary N) is 1. The van der Waals surface area contributed by atoms with E-state index in [2.05, 4.69) is 27.9 Å². The Balaban J connectivity index is 2.55. The van der Waals surface area contributed by atoms with Gasteiger partial charge in [-0.3, -0.25) is 9.59 Å². The van der Waals surface area contributed by atoms with Gasteiger partial charge in [0.05, 0.1) is 5.56 Å². The van der Waals surface area contributed by atoms with E-state index in [9.17, 15) is 9.59 Å². The molecule has 0 saturated carbocycles. The summed E-state index contributed by atoms with van der Waals surface area (Å²) in [7, 11) is 0. The normalized spacial score (nSPS) is 11.9. The van der Waals surface area contributed by atoms with Crippen molar-refractivity contribution in [3.63, 3.8) is 0 Å². The average Bonchev–Trinajstić information content (AvgIpc) is 2.34. The van der Waals surface area contributed by atoms with Gasteiger partial charge in [0.25, 0.3) is 5.91 Å². The lowest BCUT2D eigenvalue weighted by molar-refractivity contribution is -0.138. The van der Waals surface area contributed by atoms with E-state index in [0.29, 0.717) is 12.1 Å². The predicted octanol–water partition coefficient (Wildman–Crippen LogP) is 2.52. The summed E-state index contributed by atoms with van der Waals surface area (Å²) in [4.78, 5) is 22.5. The molecule has 0 spiro atoms. The molecule has 98 valence electrons. The second-order valence-electron chi connectivity index (χ2n) is 4.06. The van der Waals surface area contributed by atoms with E-state index in [-0.39, 0.29) is 18.2 Å². The molecule has 1 aromatic rings. The molecule has 2 N–H and O–H groups in total. The Bertz CT molecular complexity index is 434. The van der Waals surface area contributed by atoms with Crippen LogP contribution < -0.4 is 5.32 Å². The predicted molar refractivity (Wildman–Crippen MR) is 77.5 cm³/mol. The third-order valence-corrected chi connectivity index (χ3v) is 3.65. The number of amides is 1. The van der Waals surface area contributed by atoms with Crippen LogP contribution in [0, 0.1) is 9.49 Å². The summed E-state index contributed by atoms with van der Waals surface area (Å²) in [6.45, 7) is 2.32. The molecule has 4 nitrogen and oxygen atoms in total. The highest BCUT2D eigenvalue weighted by Gasteiger charge is 2.14. The van der Waals surface area contributed by atoms with Crippen molar-refractivity contribution in [3.05, 3.63) is 33.4 Å². The second-order valence-corrected chi connectivity index (χ2v) is 5.22. The molecule has 1 amide bonds. The molecule has 0 saturated heterocycles. The van der Waals surface area contributed by atoms with Crippen LogP contribution in [0.3, 0.4) is 0 Å². The number of carboxylic acid groups (broad SMARTS) is 1. The zero-order valence-electron chi connectivity index (χ0n) is 10.1. The van der Waals surface area contributed by atoms with Crippen molar-refractivity contribution in [2.24, 2.45) is 5.92 Å². The maximum atomic E-state index is 11.9. The Hall–Kier alpha value is -1.11. The highest BCUT2D eigenvalue weighted by Crippen LogP contribution is 2.12. The van der Waals surface area contributed by atoms with Crippen LogP contribution in [-0.4, -0.2) is 23.5 Å². The highest BCUT2D eigenvalue weighted by atomic mass is 127. The zero-order chi connectivity index (χ0) is 13.5. The van der Waals surface area contributed by atoms with Crippen molar-refractivity contribution >= 4 is 34.5 Å². The number of benzene rings is 1. The molecule has 1 rings (SSSR count). The third-order valence-electron chi connectivity index (χ3n) is 2.71. The van der Waals surface area contributed by atoms with Gasteiger partial charge in [-0.05, 0) is 40.6 Å². The standard InChI is InChI=1S/C13H16INO3/c1-2-9(7-12(16)17)8-15-13(18)10-5-3-4-6-11(10)14/h3-6,9H,2,7-8H2,1H3,(H,15,18)(H,16,17). The molecular weight excluding hydrogens is 345 g/mol. The van der Waals surface area contributed by atoms with Gasteiger partial charge < -0.3 is 10.4 Å². The van der Waals surface area contributed by atoms with Gasteiger partial charge in [0, 0.05) is 16.5 Å². The summed E-state index contributed by atoms with van der Waals surface area (Å²) in [5.41, 5.74) is 0.628. The molecule has 0 aliphatic rings. The van der Waals surface area contributed by atoms with E-state index in [4.69, 9.17) is 5.11 Å². The third kappa shape index (κ3) is 4.64. The molecule has 5 heteroatoms. The number of rotatable bonds is 6. The van der Waals surface area contributed by atoms with Gasteiger partial charge in [-0.15, -0.1) is 0 Å². The van der Waals surface area contributed by atoms with Gasteiger partial charge in [0.15, 0.2) is 0 Å². The Labute approximate surface area is 120 Å². The van der Waals surface area contributed by atoms with Crippen molar-refractivity contribution < 1.29 is 14.7 Å².